The molecule has 0 aliphatic carbocycles. The molecule has 11 heteroatoms. The minimum Gasteiger partial charge on any atom is -0.493 e. The average molecular weight is 528 g/mol. The number of amides is 1. The summed E-state index contributed by atoms with van der Waals surface area (Å²) >= 11 is 2.87. The van der Waals surface area contributed by atoms with E-state index < -0.39 is 10.1 Å². The van der Waals surface area contributed by atoms with Crippen molar-refractivity contribution in [3.05, 3.63) is 77.9 Å². The molecule has 35 heavy (non-hydrogen) atoms. The van der Waals surface area contributed by atoms with Gasteiger partial charge in [-0.05, 0) is 55.0 Å². The smallest absolute Gasteiger partial charge is 0.339 e. The maximum atomic E-state index is 12.6. The number of fused-ring (bicyclic) bond motifs is 1. The lowest BCUT2D eigenvalue weighted by Gasteiger charge is -2.11. The van der Waals surface area contributed by atoms with Gasteiger partial charge in [0.2, 0.25) is 0 Å². The summed E-state index contributed by atoms with van der Waals surface area (Å²) in [6, 6.07) is 18.8. The first-order valence-corrected chi connectivity index (χ1v) is 13.5. The van der Waals surface area contributed by atoms with Gasteiger partial charge in [0.1, 0.15) is 4.90 Å². The number of benzene rings is 3. The first kappa shape index (κ1) is 24.7. The Bertz CT molecular complexity index is 1450. The van der Waals surface area contributed by atoms with Crippen molar-refractivity contribution in [2.45, 2.75) is 16.2 Å². The third-order valence-electron chi connectivity index (χ3n) is 4.70. The number of methoxy groups -OCH3 is 1. The molecular weight excluding hydrogens is 506 g/mol. The van der Waals surface area contributed by atoms with Gasteiger partial charge >= 0.3 is 10.1 Å². The number of ether oxygens (including phenoxy) is 1. The van der Waals surface area contributed by atoms with Crippen LogP contribution >= 0.6 is 23.1 Å². The van der Waals surface area contributed by atoms with E-state index in [1.165, 1.54) is 54.6 Å². The Kier molecular flexibility index (Phi) is 7.69. The van der Waals surface area contributed by atoms with Crippen LogP contribution in [0, 0.1) is 6.92 Å². The van der Waals surface area contributed by atoms with Crippen molar-refractivity contribution in [1.82, 2.24) is 10.4 Å². The standard InChI is InChI=1S/C24H21N3O5S3/c1-16-7-10-18(11-8-16)35(29,30)32-20-12-9-17(13-21(20)31-2)14-25-27-23(28)15-33-24-26-19-5-3-4-6-22(19)34-24/h3-14H,15H2,1-2H3,(H,27,28)/b25-14-. The Morgan fingerprint density at radius 3 is 2.63 bits per heavy atom. The van der Waals surface area contributed by atoms with Crippen LogP contribution < -0.4 is 14.3 Å². The van der Waals surface area contributed by atoms with E-state index >= 15 is 0 Å². The molecule has 8 nitrogen and oxygen atoms in total. The first-order valence-electron chi connectivity index (χ1n) is 10.3. The number of rotatable bonds is 9. The molecule has 180 valence electrons. The lowest BCUT2D eigenvalue weighted by atomic mass is 10.2. The molecule has 1 heterocycles. The highest BCUT2D eigenvalue weighted by atomic mass is 32.2. The summed E-state index contributed by atoms with van der Waals surface area (Å²) in [5.74, 6) is 0.148. The lowest BCUT2D eigenvalue weighted by Crippen LogP contribution is -2.19. The first-order chi connectivity index (χ1) is 16.8. The fraction of sp³-hybridized carbons (Fsp3) is 0.125. The van der Waals surface area contributed by atoms with Gasteiger partial charge in [-0.15, -0.1) is 11.3 Å². The predicted octanol–water partition coefficient (Wildman–Crippen LogP) is 4.62. The second-order valence-corrected chi connectivity index (χ2v) is 11.1. The lowest BCUT2D eigenvalue weighted by molar-refractivity contribution is -0.118. The van der Waals surface area contributed by atoms with Crippen LogP contribution in [0.2, 0.25) is 0 Å². The summed E-state index contributed by atoms with van der Waals surface area (Å²) in [6.07, 6.45) is 1.43. The van der Waals surface area contributed by atoms with Crippen molar-refractivity contribution in [3.63, 3.8) is 0 Å². The molecule has 1 N–H and O–H groups in total. The van der Waals surface area contributed by atoms with Gasteiger partial charge in [-0.1, -0.05) is 41.6 Å². The topological polar surface area (TPSA) is 107 Å². The Balaban J connectivity index is 1.35. The predicted molar refractivity (Wildman–Crippen MR) is 138 cm³/mol. The molecule has 0 aliphatic rings. The van der Waals surface area contributed by atoms with Crippen molar-refractivity contribution >= 4 is 55.6 Å². The SMILES string of the molecule is COc1cc(/C=N\NC(=O)CSc2nc3ccccc3s2)ccc1OS(=O)(=O)c1ccc(C)cc1. The fourth-order valence-corrected chi connectivity index (χ4v) is 5.76. The maximum absolute atomic E-state index is 12.6. The monoisotopic (exact) mass is 527 g/mol. The summed E-state index contributed by atoms with van der Waals surface area (Å²) in [7, 11) is -2.61. The number of hydrazone groups is 1. The number of thioether (sulfide) groups is 1. The van der Waals surface area contributed by atoms with Crippen LogP contribution in [0.25, 0.3) is 10.2 Å². The van der Waals surface area contributed by atoms with E-state index in [0.717, 1.165) is 20.1 Å². The molecule has 0 unspecified atom stereocenters. The zero-order valence-corrected chi connectivity index (χ0v) is 21.2. The highest BCUT2D eigenvalue weighted by Gasteiger charge is 2.19. The van der Waals surface area contributed by atoms with Gasteiger partial charge in [0, 0.05) is 0 Å². The number of nitrogens with one attached hydrogen (secondary N) is 1. The molecule has 0 fully saturated rings. The largest absolute Gasteiger partial charge is 0.493 e. The molecular formula is C24H21N3O5S3. The number of hydrogen-bond acceptors (Lipinski definition) is 9. The van der Waals surface area contributed by atoms with Crippen molar-refractivity contribution in [2.75, 3.05) is 12.9 Å². The summed E-state index contributed by atoms with van der Waals surface area (Å²) in [4.78, 5) is 16.7. The van der Waals surface area contributed by atoms with Crippen molar-refractivity contribution < 1.29 is 22.1 Å². The number of aromatic nitrogens is 1. The van der Waals surface area contributed by atoms with Gasteiger partial charge < -0.3 is 8.92 Å². The van der Waals surface area contributed by atoms with Crippen LogP contribution in [0.15, 0.2) is 81.1 Å². The van der Waals surface area contributed by atoms with Crippen LogP contribution in [-0.2, 0) is 14.9 Å². The van der Waals surface area contributed by atoms with E-state index in [2.05, 4.69) is 15.5 Å². The number of aryl methyl sites for hydroxylation is 1. The molecule has 0 saturated carbocycles. The van der Waals surface area contributed by atoms with Gasteiger partial charge in [0.05, 0.1) is 29.3 Å². The third-order valence-corrected chi connectivity index (χ3v) is 8.13. The van der Waals surface area contributed by atoms with Crippen LogP contribution in [0.4, 0.5) is 0 Å². The summed E-state index contributed by atoms with van der Waals surface area (Å²) < 4.78 is 37.6. The van der Waals surface area contributed by atoms with E-state index in [9.17, 15) is 13.2 Å². The Morgan fingerprint density at radius 2 is 1.89 bits per heavy atom. The molecule has 1 aromatic heterocycles. The number of thiazole rings is 1. The highest BCUT2D eigenvalue weighted by molar-refractivity contribution is 8.01. The van der Waals surface area contributed by atoms with Crippen molar-refractivity contribution in [3.8, 4) is 11.5 Å². The van der Waals surface area contributed by atoms with E-state index in [4.69, 9.17) is 8.92 Å². The molecule has 0 saturated heterocycles. The maximum Gasteiger partial charge on any atom is 0.339 e. The van der Waals surface area contributed by atoms with Crippen molar-refractivity contribution in [2.24, 2.45) is 5.10 Å². The molecule has 0 radical (unpaired) electrons. The molecule has 0 bridgehead atoms. The van der Waals surface area contributed by atoms with E-state index in [1.807, 2.05) is 31.2 Å². The zero-order chi connectivity index (χ0) is 24.8. The Morgan fingerprint density at radius 1 is 1.11 bits per heavy atom. The number of para-hydroxylation sites is 1. The van der Waals surface area contributed by atoms with E-state index in [0.29, 0.717) is 5.56 Å². The number of nitrogens with zero attached hydrogens (tertiary/aromatic N) is 2. The third kappa shape index (κ3) is 6.38. The second-order valence-electron chi connectivity index (χ2n) is 7.29. The molecule has 0 aliphatic heterocycles. The van der Waals surface area contributed by atoms with Crippen LogP contribution in [0.1, 0.15) is 11.1 Å². The van der Waals surface area contributed by atoms with Gasteiger partial charge in [0.15, 0.2) is 15.8 Å². The molecule has 0 atom stereocenters. The fourth-order valence-electron chi connectivity index (χ4n) is 2.96. The van der Waals surface area contributed by atoms with Gasteiger partial charge in [0.25, 0.3) is 5.91 Å². The molecule has 4 aromatic rings. The number of carbonyl (C=O) groups excluding carboxylic acids is 1. The molecule has 1 amide bonds. The highest BCUT2D eigenvalue weighted by Crippen LogP contribution is 2.31. The number of carbonyl (C=O) groups is 1. The Labute approximate surface area is 211 Å². The minimum absolute atomic E-state index is 0.0431. The summed E-state index contributed by atoms with van der Waals surface area (Å²) in [5.41, 5.74) is 4.90. The Hall–Kier alpha value is -3.41. The quantitative estimate of drug-likeness (QED) is 0.146. The average Bonchev–Trinajstić information content (AvgIpc) is 3.27. The molecule has 3 aromatic carbocycles. The second kappa shape index (κ2) is 10.9. The van der Waals surface area contributed by atoms with Crippen LogP contribution in [0.5, 0.6) is 11.5 Å². The van der Waals surface area contributed by atoms with Crippen LogP contribution in [0.3, 0.4) is 0 Å². The van der Waals surface area contributed by atoms with Gasteiger partial charge in [-0.25, -0.2) is 10.4 Å². The number of hydrogen-bond donors (Lipinski definition) is 1. The minimum atomic E-state index is -4.02. The molecule has 0 spiro atoms. The molecule has 4 rings (SSSR count). The summed E-state index contributed by atoms with van der Waals surface area (Å²) in [5, 5.41) is 3.96. The zero-order valence-electron chi connectivity index (χ0n) is 18.8. The van der Waals surface area contributed by atoms with E-state index in [1.54, 1.807) is 24.3 Å². The van der Waals surface area contributed by atoms with E-state index in [-0.39, 0.29) is 28.1 Å². The van der Waals surface area contributed by atoms with Crippen LogP contribution in [-0.4, -0.2) is 38.4 Å². The summed E-state index contributed by atoms with van der Waals surface area (Å²) in [6.45, 7) is 1.87. The normalized spacial score (nSPS) is 11.6. The van der Waals surface area contributed by atoms with Crippen molar-refractivity contribution in [1.29, 1.82) is 0 Å². The van der Waals surface area contributed by atoms with Gasteiger partial charge in [-0.3, -0.25) is 4.79 Å². The van der Waals surface area contributed by atoms with Gasteiger partial charge in [-0.2, -0.15) is 13.5 Å².